The number of carbonyl (C=O) groups excluding carboxylic acids is 1. The van der Waals surface area contributed by atoms with E-state index in [2.05, 4.69) is 37.2 Å². The summed E-state index contributed by atoms with van der Waals surface area (Å²) in [5.74, 6) is 6.14. The molecular weight excluding hydrogens is 524 g/mol. The van der Waals surface area contributed by atoms with Gasteiger partial charge in [-0.05, 0) is 52.2 Å². The van der Waals surface area contributed by atoms with Gasteiger partial charge in [-0.1, -0.05) is 39.8 Å². The van der Waals surface area contributed by atoms with Crippen LogP contribution in [0.4, 0.5) is 0 Å². The van der Waals surface area contributed by atoms with Gasteiger partial charge in [-0.15, -0.1) is 0 Å². The summed E-state index contributed by atoms with van der Waals surface area (Å²) in [6.07, 6.45) is 3.12. The van der Waals surface area contributed by atoms with E-state index in [1.807, 2.05) is 74.9 Å². The van der Waals surface area contributed by atoms with E-state index in [0.717, 1.165) is 22.3 Å². The Hall–Kier alpha value is -2.03. The molecule has 3 rings (SSSR count). The molecule has 1 aromatic carbocycles. The van der Waals surface area contributed by atoms with Gasteiger partial charge in [0.1, 0.15) is 11.8 Å². The number of carbonyl (C=O) groups is 1. The SMILES string of the molecule is CC.CC(C)CC(=O)C(O)c1cnc2c(ccn2-c2cccc(/C(=N/N)NPI)c2)c1. The maximum Gasteiger partial charge on any atom is 0.166 e. The molecule has 7 nitrogen and oxygen atoms in total. The Bertz CT molecular complexity index is 1050. The summed E-state index contributed by atoms with van der Waals surface area (Å²) in [5.41, 5.74) is 3.04. The second kappa shape index (κ2) is 12.1. The van der Waals surface area contributed by atoms with Crippen molar-refractivity contribution < 1.29 is 9.90 Å². The number of benzene rings is 1. The van der Waals surface area contributed by atoms with Crippen molar-refractivity contribution in [3.63, 3.8) is 0 Å². The number of fused-ring (bicyclic) bond motifs is 1. The molecule has 166 valence electrons. The molecule has 0 saturated heterocycles. The van der Waals surface area contributed by atoms with Crippen molar-refractivity contribution in [2.75, 3.05) is 0 Å². The number of rotatable bonds is 7. The number of nitrogens with zero attached hydrogens (tertiary/aromatic N) is 3. The molecule has 0 aliphatic heterocycles. The molecule has 9 heteroatoms. The van der Waals surface area contributed by atoms with E-state index < -0.39 is 6.10 Å². The predicted octanol–water partition coefficient (Wildman–Crippen LogP) is 4.85. The van der Waals surface area contributed by atoms with Gasteiger partial charge in [0.25, 0.3) is 0 Å². The number of hydrogen-bond acceptors (Lipinski definition) is 5. The number of hydrazone groups is 1. The Balaban J connectivity index is 0.00000166. The van der Waals surface area contributed by atoms with Crippen molar-refractivity contribution in [1.82, 2.24) is 14.6 Å². The molecule has 0 amide bonds. The number of Topliss-reactive ketones (excluding diaryl/α,β-unsaturated/α-hetero) is 1. The van der Waals surface area contributed by atoms with Crippen molar-refractivity contribution in [2.24, 2.45) is 16.9 Å². The van der Waals surface area contributed by atoms with E-state index in [4.69, 9.17) is 5.84 Å². The lowest BCUT2D eigenvalue weighted by Crippen LogP contribution is -2.17. The third kappa shape index (κ3) is 6.24. The average Bonchev–Trinajstić information content (AvgIpc) is 3.21. The van der Waals surface area contributed by atoms with Gasteiger partial charge < -0.3 is 20.6 Å². The average molecular weight is 553 g/mol. The van der Waals surface area contributed by atoms with E-state index in [-0.39, 0.29) is 11.7 Å². The van der Waals surface area contributed by atoms with E-state index in [1.165, 1.54) is 0 Å². The molecule has 0 spiro atoms. The fourth-order valence-corrected chi connectivity index (χ4v) is 4.19. The predicted molar refractivity (Wildman–Crippen MR) is 138 cm³/mol. The number of nitrogens with two attached hydrogens (primary N) is 1. The Labute approximate surface area is 197 Å². The quantitative estimate of drug-likeness (QED) is 0.0969. The van der Waals surface area contributed by atoms with Crippen molar-refractivity contribution in [2.45, 2.75) is 40.2 Å². The van der Waals surface area contributed by atoms with Crippen LogP contribution in [-0.2, 0) is 4.79 Å². The zero-order valence-electron chi connectivity index (χ0n) is 18.1. The van der Waals surface area contributed by atoms with Crippen LogP contribution in [0.15, 0.2) is 53.9 Å². The molecule has 2 aromatic heterocycles. The van der Waals surface area contributed by atoms with Crippen LogP contribution in [-0.4, -0.2) is 26.3 Å². The van der Waals surface area contributed by atoms with Gasteiger partial charge in [-0.3, -0.25) is 4.79 Å². The zero-order chi connectivity index (χ0) is 23.0. The number of aliphatic hydroxyl groups excluding tert-OH is 1. The Kier molecular flexibility index (Phi) is 9.87. The van der Waals surface area contributed by atoms with Gasteiger partial charge >= 0.3 is 0 Å². The number of aromatic nitrogens is 2. The standard InChI is InChI=1S/C20H23IN5O2P.C2H6/c1-12(2)8-17(27)18(28)15-9-14-6-7-26(20(14)23-11-15)16-5-3-4-13(10-16)19(24-22)25-29-21;1-2/h3-7,9-12,18,28-29H,8,22H2,1-2H3,(H,24,25);1-2H3. The van der Waals surface area contributed by atoms with E-state index in [9.17, 15) is 9.90 Å². The minimum Gasteiger partial charge on any atom is -0.380 e. The molecule has 0 aliphatic rings. The molecule has 0 aliphatic carbocycles. The largest absolute Gasteiger partial charge is 0.380 e. The normalized spacial score (nSPS) is 12.8. The highest BCUT2D eigenvalue weighted by Crippen LogP contribution is 2.25. The number of pyridine rings is 1. The molecular formula is C22H29IN5O2P. The molecule has 3 aromatic rings. The third-order valence-corrected chi connectivity index (χ3v) is 5.61. The van der Waals surface area contributed by atoms with Crippen molar-refractivity contribution in [1.29, 1.82) is 0 Å². The van der Waals surface area contributed by atoms with Crippen LogP contribution in [0, 0.1) is 5.92 Å². The monoisotopic (exact) mass is 553 g/mol. The van der Waals surface area contributed by atoms with Crippen LogP contribution in [0.2, 0.25) is 0 Å². The Morgan fingerprint density at radius 3 is 2.71 bits per heavy atom. The van der Waals surface area contributed by atoms with Crippen LogP contribution in [0.25, 0.3) is 16.7 Å². The van der Waals surface area contributed by atoms with Gasteiger partial charge in [0.15, 0.2) is 11.6 Å². The van der Waals surface area contributed by atoms with Gasteiger partial charge in [-0.2, -0.15) is 5.10 Å². The lowest BCUT2D eigenvalue weighted by Gasteiger charge is -2.12. The Morgan fingerprint density at radius 1 is 1.32 bits per heavy atom. The molecule has 2 atom stereocenters. The highest BCUT2D eigenvalue weighted by atomic mass is 127. The minimum absolute atomic E-state index is 0.189. The van der Waals surface area contributed by atoms with Crippen molar-refractivity contribution >= 4 is 51.1 Å². The summed E-state index contributed by atoms with van der Waals surface area (Å²) in [6.45, 7) is 7.91. The summed E-state index contributed by atoms with van der Waals surface area (Å²) in [5, 5.41) is 18.2. The zero-order valence-corrected chi connectivity index (χ0v) is 21.3. The maximum absolute atomic E-state index is 12.2. The summed E-state index contributed by atoms with van der Waals surface area (Å²) in [4.78, 5) is 16.7. The van der Waals surface area contributed by atoms with Crippen molar-refractivity contribution in [3.8, 4) is 5.69 Å². The Morgan fingerprint density at radius 2 is 2.06 bits per heavy atom. The van der Waals surface area contributed by atoms with Crippen LogP contribution in [0.5, 0.6) is 0 Å². The number of hydrogen-bond donors (Lipinski definition) is 3. The lowest BCUT2D eigenvalue weighted by atomic mass is 9.99. The van der Waals surface area contributed by atoms with Gasteiger partial charge in [0.2, 0.25) is 0 Å². The second-order valence-electron chi connectivity index (χ2n) is 7.08. The number of aliphatic hydroxyl groups is 1. The minimum atomic E-state index is -1.15. The molecule has 0 fully saturated rings. The van der Waals surface area contributed by atoms with Gasteiger partial charge in [-0.25, -0.2) is 4.98 Å². The van der Waals surface area contributed by atoms with Crippen LogP contribution >= 0.6 is 28.4 Å². The first-order valence-corrected chi connectivity index (χ1v) is 14.2. The molecule has 0 saturated carbocycles. The number of amidine groups is 1. The van der Waals surface area contributed by atoms with Crippen LogP contribution in [0.3, 0.4) is 0 Å². The maximum atomic E-state index is 12.2. The van der Waals surface area contributed by atoms with Crippen LogP contribution < -0.4 is 10.9 Å². The second-order valence-corrected chi connectivity index (χ2v) is 9.14. The van der Waals surface area contributed by atoms with Gasteiger partial charge in [0.05, 0.1) is 0 Å². The fraction of sp³-hybridized carbons (Fsp3) is 0.318. The fourth-order valence-electron chi connectivity index (χ4n) is 3.13. The molecule has 0 bridgehead atoms. The first kappa shape index (κ1) is 25.2. The first-order chi connectivity index (χ1) is 14.9. The lowest BCUT2D eigenvalue weighted by molar-refractivity contribution is -0.128. The number of nitrogens with one attached hydrogen (secondary N) is 1. The number of halogens is 1. The summed E-state index contributed by atoms with van der Waals surface area (Å²) >= 11 is 2.22. The molecule has 2 heterocycles. The van der Waals surface area contributed by atoms with Gasteiger partial charge in [0, 0.05) is 47.4 Å². The van der Waals surface area contributed by atoms with E-state index in [0.29, 0.717) is 24.2 Å². The van der Waals surface area contributed by atoms with Crippen LogP contribution in [0.1, 0.15) is 51.3 Å². The molecule has 31 heavy (non-hydrogen) atoms. The van der Waals surface area contributed by atoms with Crippen molar-refractivity contribution in [3.05, 3.63) is 59.9 Å². The third-order valence-electron chi connectivity index (χ3n) is 4.47. The molecule has 0 radical (unpaired) electrons. The summed E-state index contributed by atoms with van der Waals surface area (Å²) in [6, 6.07) is 11.6. The summed E-state index contributed by atoms with van der Waals surface area (Å²) < 4.78 is 1.95. The smallest absolute Gasteiger partial charge is 0.166 e. The molecule has 4 N–H and O–H groups in total. The highest BCUT2D eigenvalue weighted by molar-refractivity contribution is 14.2. The highest BCUT2D eigenvalue weighted by Gasteiger charge is 2.19. The van der Waals surface area contributed by atoms with E-state index in [1.54, 1.807) is 6.20 Å². The number of ketones is 1. The summed E-state index contributed by atoms with van der Waals surface area (Å²) in [7, 11) is 0. The topological polar surface area (TPSA) is 106 Å². The first-order valence-electron chi connectivity index (χ1n) is 10.1. The van der Waals surface area contributed by atoms with E-state index >= 15 is 0 Å². The molecule has 2 unspecified atom stereocenters.